The Morgan fingerprint density at radius 3 is 2.12 bits per heavy atom. The van der Waals surface area contributed by atoms with E-state index in [2.05, 4.69) is 4.74 Å². The number of ketones is 1. The van der Waals surface area contributed by atoms with E-state index in [1.165, 1.54) is 14.2 Å². The number of carbonyl (C=O) groups is 4. The van der Waals surface area contributed by atoms with Gasteiger partial charge in [0.05, 0.1) is 33.2 Å². The number of hydrogen-bond donors (Lipinski definition) is 0. The van der Waals surface area contributed by atoms with Gasteiger partial charge in [0.15, 0.2) is 5.78 Å². The second-order valence-electron chi connectivity index (χ2n) is 6.54. The van der Waals surface area contributed by atoms with E-state index in [0.29, 0.717) is 0 Å². The van der Waals surface area contributed by atoms with Gasteiger partial charge in [0, 0.05) is 6.42 Å². The molecule has 2 rings (SSSR count). The third kappa shape index (κ3) is 3.47. The quantitative estimate of drug-likeness (QED) is 0.429. The summed E-state index contributed by atoms with van der Waals surface area (Å²) in [6.07, 6.45) is -0.627. The van der Waals surface area contributed by atoms with Gasteiger partial charge < -0.3 is 14.2 Å². The Balaban J connectivity index is 2.48. The van der Waals surface area contributed by atoms with E-state index in [4.69, 9.17) is 9.47 Å². The zero-order valence-corrected chi connectivity index (χ0v) is 15.1. The van der Waals surface area contributed by atoms with Crippen molar-refractivity contribution in [3.8, 4) is 0 Å². The van der Waals surface area contributed by atoms with Crippen LogP contribution < -0.4 is 0 Å². The molecule has 1 aromatic rings. The first-order valence-electron chi connectivity index (χ1n) is 8.14. The molecule has 1 aliphatic carbocycles. The van der Waals surface area contributed by atoms with E-state index in [-0.39, 0.29) is 19.3 Å². The largest absolute Gasteiger partial charge is 0.469 e. The van der Waals surface area contributed by atoms with Gasteiger partial charge >= 0.3 is 17.9 Å². The lowest BCUT2D eigenvalue weighted by Gasteiger charge is -2.29. The van der Waals surface area contributed by atoms with Gasteiger partial charge in [-0.15, -0.1) is 0 Å². The molecule has 1 fully saturated rings. The fraction of sp³-hybridized carbons (Fsp3) is 0.474. The molecule has 26 heavy (non-hydrogen) atoms. The van der Waals surface area contributed by atoms with Gasteiger partial charge in [-0.1, -0.05) is 30.3 Å². The molecule has 0 amide bonds. The third-order valence-electron chi connectivity index (χ3n) is 4.93. The van der Waals surface area contributed by atoms with Crippen LogP contribution in [0.15, 0.2) is 30.3 Å². The first-order chi connectivity index (χ1) is 12.3. The van der Waals surface area contributed by atoms with E-state index in [1.807, 2.05) is 30.3 Å². The molecule has 7 heteroatoms. The molecule has 1 aromatic carbocycles. The van der Waals surface area contributed by atoms with Gasteiger partial charge in [0.25, 0.3) is 0 Å². The minimum absolute atomic E-state index is 0.165. The highest BCUT2D eigenvalue weighted by Gasteiger charge is 2.63. The van der Waals surface area contributed by atoms with Crippen molar-refractivity contribution in [3.05, 3.63) is 35.9 Å². The van der Waals surface area contributed by atoms with Crippen LogP contribution in [0.5, 0.6) is 0 Å². The highest BCUT2D eigenvalue weighted by molar-refractivity contribution is 6.10. The highest BCUT2D eigenvalue weighted by Crippen LogP contribution is 2.52. The van der Waals surface area contributed by atoms with E-state index in [9.17, 15) is 19.2 Å². The van der Waals surface area contributed by atoms with Crippen molar-refractivity contribution >= 4 is 23.7 Å². The lowest BCUT2D eigenvalue weighted by Crippen LogP contribution is -2.40. The van der Waals surface area contributed by atoms with Gasteiger partial charge in [-0.05, 0) is 18.4 Å². The summed E-state index contributed by atoms with van der Waals surface area (Å²) in [5, 5.41) is 0. The van der Waals surface area contributed by atoms with Crippen LogP contribution in [0.1, 0.15) is 24.8 Å². The maximum atomic E-state index is 12.9. The number of carbonyl (C=O) groups excluding carboxylic acids is 4. The molecule has 0 radical (unpaired) electrons. The fourth-order valence-corrected chi connectivity index (χ4v) is 3.69. The molecule has 7 nitrogen and oxygen atoms in total. The number of benzene rings is 1. The summed E-state index contributed by atoms with van der Waals surface area (Å²) < 4.78 is 14.4. The van der Waals surface area contributed by atoms with E-state index >= 15 is 0 Å². The minimum Gasteiger partial charge on any atom is -0.469 e. The maximum Gasteiger partial charge on any atom is 0.319 e. The zero-order valence-electron chi connectivity index (χ0n) is 15.1. The van der Waals surface area contributed by atoms with Crippen LogP contribution in [0, 0.1) is 10.8 Å². The second-order valence-corrected chi connectivity index (χ2v) is 6.54. The molecule has 2 atom stereocenters. The topological polar surface area (TPSA) is 96.0 Å². The predicted molar refractivity (Wildman–Crippen MR) is 89.9 cm³/mol. The molecule has 0 bridgehead atoms. The van der Waals surface area contributed by atoms with Crippen LogP contribution in [-0.4, -0.2) is 45.0 Å². The van der Waals surface area contributed by atoms with E-state index in [1.54, 1.807) is 0 Å². The summed E-state index contributed by atoms with van der Waals surface area (Å²) >= 11 is 0. The molecule has 1 saturated carbocycles. The van der Waals surface area contributed by atoms with Crippen LogP contribution in [0.25, 0.3) is 0 Å². The lowest BCUT2D eigenvalue weighted by atomic mass is 9.74. The second kappa shape index (κ2) is 7.68. The summed E-state index contributed by atoms with van der Waals surface area (Å²) in [5.41, 5.74) is -2.16. The van der Waals surface area contributed by atoms with Crippen LogP contribution in [0.3, 0.4) is 0 Å². The smallest absolute Gasteiger partial charge is 0.319 e. The average molecular weight is 362 g/mol. The number of hydrogen-bond acceptors (Lipinski definition) is 7. The van der Waals surface area contributed by atoms with Crippen molar-refractivity contribution < 1.29 is 33.4 Å². The van der Waals surface area contributed by atoms with E-state index in [0.717, 1.165) is 12.7 Å². The molecule has 0 saturated heterocycles. The average Bonchev–Trinajstić information content (AvgIpc) is 2.94. The van der Waals surface area contributed by atoms with Crippen LogP contribution in [0.4, 0.5) is 0 Å². The van der Waals surface area contributed by atoms with Crippen LogP contribution in [0.2, 0.25) is 0 Å². The predicted octanol–water partition coefficient (Wildman–Crippen LogP) is 1.47. The Bertz CT molecular complexity index is 712. The monoisotopic (exact) mass is 362 g/mol. The molecule has 140 valence electrons. The van der Waals surface area contributed by atoms with Gasteiger partial charge in [-0.2, -0.15) is 0 Å². The van der Waals surface area contributed by atoms with Crippen molar-refractivity contribution in [3.63, 3.8) is 0 Å². The number of esters is 3. The highest BCUT2D eigenvalue weighted by atomic mass is 16.5. The molecule has 2 unspecified atom stereocenters. The molecule has 1 aliphatic rings. The first kappa shape index (κ1) is 19.6. The zero-order chi connectivity index (χ0) is 19.4. The van der Waals surface area contributed by atoms with E-state index < -0.39 is 40.9 Å². The normalized spacial score (nSPS) is 24.8. The van der Waals surface area contributed by atoms with Crippen LogP contribution in [-0.2, 0) is 39.8 Å². The Morgan fingerprint density at radius 2 is 1.58 bits per heavy atom. The van der Waals surface area contributed by atoms with Crippen molar-refractivity contribution in [1.29, 1.82) is 0 Å². The fourth-order valence-electron chi connectivity index (χ4n) is 3.69. The third-order valence-corrected chi connectivity index (χ3v) is 4.93. The molecule has 0 aliphatic heterocycles. The summed E-state index contributed by atoms with van der Waals surface area (Å²) in [6.45, 7) is 0. The van der Waals surface area contributed by atoms with Gasteiger partial charge in [0.2, 0.25) is 0 Å². The molecular weight excluding hydrogens is 340 g/mol. The SMILES string of the molecule is COC(=O)CC1(C(=O)OC)CC(Cc2ccccc2)(C(=O)OC)CC1=O. The Morgan fingerprint density at radius 1 is 0.962 bits per heavy atom. The van der Waals surface area contributed by atoms with Crippen molar-refractivity contribution in [2.24, 2.45) is 10.8 Å². The van der Waals surface area contributed by atoms with Crippen molar-refractivity contribution in [1.82, 2.24) is 0 Å². The Kier molecular flexibility index (Phi) is 5.79. The van der Waals surface area contributed by atoms with Gasteiger partial charge in [-0.3, -0.25) is 19.2 Å². The summed E-state index contributed by atoms with van der Waals surface area (Å²) in [6, 6.07) is 9.13. The number of methoxy groups -OCH3 is 3. The summed E-state index contributed by atoms with van der Waals surface area (Å²) in [5.74, 6) is -2.67. The van der Waals surface area contributed by atoms with Crippen LogP contribution >= 0.6 is 0 Å². The summed E-state index contributed by atoms with van der Waals surface area (Å²) in [4.78, 5) is 49.8. The number of Topliss-reactive ketones (excluding diaryl/α,β-unsaturated/α-hetero) is 1. The molecule has 0 heterocycles. The first-order valence-corrected chi connectivity index (χ1v) is 8.14. The standard InChI is InChI=1S/C19H22O7/c1-24-15(21)11-19(17(23)26-3)12-18(10-14(19)20,16(22)25-2)9-13-7-5-4-6-8-13/h4-8H,9-12H2,1-3H3. The van der Waals surface area contributed by atoms with Gasteiger partial charge in [-0.25, -0.2) is 0 Å². The molecular formula is C19H22O7. The Labute approximate surface area is 151 Å². The maximum absolute atomic E-state index is 12.9. The van der Waals surface area contributed by atoms with Crippen molar-refractivity contribution in [2.45, 2.75) is 25.7 Å². The number of rotatable bonds is 6. The number of ether oxygens (including phenoxy) is 3. The van der Waals surface area contributed by atoms with Crippen molar-refractivity contribution in [2.75, 3.05) is 21.3 Å². The Hall–Kier alpha value is -2.70. The summed E-state index contributed by atoms with van der Waals surface area (Å²) in [7, 11) is 3.55. The molecule has 0 N–H and O–H groups in total. The lowest BCUT2D eigenvalue weighted by molar-refractivity contribution is -0.164. The molecule has 0 spiro atoms. The minimum atomic E-state index is -1.75. The van der Waals surface area contributed by atoms with Gasteiger partial charge in [0.1, 0.15) is 5.41 Å². The molecule has 0 aromatic heterocycles.